The second kappa shape index (κ2) is 7.42. The van der Waals surface area contributed by atoms with Crippen LogP contribution in [0.1, 0.15) is 19.3 Å². The van der Waals surface area contributed by atoms with E-state index in [4.69, 9.17) is 16.3 Å². The van der Waals surface area contributed by atoms with Crippen molar-refractivity contribution >= 4 is 23.2 Å². The van der Waals surface area contributed by atoms with Crippen LogP contribution in [0.25, 0.3) is 0 Å². The minimum Gasteiger partial charge on any atom is -0.378 e. The molecule has 2 saturated heterocycles. The van der Waals surface area contributed by atoms with E-state index in [0.717, 1.165) is 57.6 Å². The lowest BCUT2D eigenvalue weighted by Gasteiger charge is -2.35. The largest absolute Gasteiger partial charge is 0.378 e. The summed E-state index contributed by atoms with van der Waals surface area (Å²) in [5.41, 5.74) is 0. The predicted molar refractivity (Wildman–Crippen MR) is 96.0 cm³/mol. The number of nitrogens with zero attached hydrogens (tertiary/aromatic N) is 4. The Morgan fingerprint density at radius 2 is 1.92 bits per heavy atom. The zero-order valence-corrected chi connectivity index (χ0v) is 14.8. The van der Waals surface area contributed by atoms with E-state index in [1.54, 1.807) is 6.33 Å². The number of hydrogen-bond donors (Lipinski definition) is 1. The van der Waals surface area contributed by atoms with Crippen LogP contribution in [-0.4, -0.2) is 67.3 Å². The monoisotopic (exact) mass is 351 g/mol. The zero-order chi connectivity index (χ0) is 16.4. The minimum atomic E-state index is 0.398. The first-order valence-corrected chi connectivity index (χ1v) is 9.50. The Morgan fingerprint density at radius 3 is 2.67 bits per heavy atom. The molecule has 0 radical (unpaired) electrons. The van der Waals surface area contributed by atoms with Crippen LogP contribution in [0.15, 0.2) is 12.4 Å². The molecule has 1 saturated carbocycles. The average Bonchev–Trinajstić information content (AvgIpc) is 3.36. The van der Waals surface area contributed by atoms with Crippen LogP contribution in [0.5, 0.6) is 0 Å². The number of rotatable bonds is 5. The van der Waals surface area contributed by atoms with E-state index in [2.05, 4.69) is 31.2 Å². The van der Waals surface area contributed by atoms with E-state index >= 15 is 0 Å². The van der Waals surface area contributed by atoms with Crippen molar-refractivity contribution in [2.75, 3.05) is 55.7 Å². The third kappa shape index (κ3) is 3.92. The van der Waals surface area contributed by atoms with Crippen molar-refractivity contribution in [2.24, 2.45) is 5.92 Å². The fraction of sp³-hybridized carbons (Fsp3) is 0.765. The lowest BCUT2D eigenvalue weighted by Crippen LogP contribution is -2.46. The zero-order valence-electron chi connectivity index (χ0n) is 14.0. The Labute approximate surface area is 148 Å². The molecular weight excluding hydrogens is 326 g/mol. The number of ether oxygens (including phenoxy) is 1. The molecule has 0 spiro atoms. The highest BCUT2D eigenvalue weighted by molar-refractivity contribution is 6.22. The molecule has 24 heavy (non-hydrogen) atoms. The molecular formula is C17H26ClN5O. The third-order valence-corrected chi connectivity index (χ3v) is 5.76. The molecule has 132 valence electrons. The van der Waals surface area contributed by atoms with Gasteiger partial charge < -0.3 is 19.9 Å². The van der Waals surface area contributed by atoms with Gasteiger partial charge in [0.1, 0.15) is 18.0 Å². The van der Waals surface area contributed by atoms with Crippen LogP contribution in [-0.2, 0) is 4.74 Å². The molecule has 1 aromatic heterocycles. The first kappa shape index (κ1) is 16.4. The molecule has 0 amide bonds. The lowest BCUT2D eigenvalue weighted by molar-refractivity contribution is 0.122. The van der Waals surface area contributed by atoms with Crippen molar-refractivity contribution in [2.45, 2.75) is 30.7 Å². The first-order chi connectivity index (χ1) is 11.8. The van der Waals surface area contributed by atoms with Crippen molar-refractivity contribution in [3.05, 3.63) is 12.4 Å². The van der Waals surface area contributed by atoms with Crippen molar-refractivity contribution < 1.29 is 4.74 Å². The summed E-state index contributed by atoms with van der Waals surface area (Å²) in [6.45, 7) is 6.49. The smallest absolute Gasteiger partial charge is 0.134 e. The van der Waals surface area contributed by atoms with Gasteiger partial charge in [0.25, 0.3) is 0 Å². The summed E-state index contributed by atoms with van der Waals surface area (Å²) in [5.74, 6) is 2.73. The van der Waals surface area contributed by atoms with E-state index in [9.17, 15) is 0 Å². The highest BCUT2D eigenvalue weighted by Crippen LogP contribution is 2.35. The van der Waals surface area contributed by atoms with Gasteiger partial charge in [-0.1, -0.05) is 0 Å². The highest BCUT2D eigenvalue weighted by atomic mass is 35.5. The number of morpholine rings is 1. The number of nitrogens with one attached hydrogen (secondary N) is 1. The van der Waals surface area contributed by atoms with E-state index in [0.29, 0.717) is 17.3 Å². The van der Waals surface area contributed by atoms with Crippen LogP contribution >= 0.6 is 11.6 Å². The SMILES string of the molecule is ClC1CC1CNC1CCCN(c2cc(N3CCOCC3)ncn2)C1. The molecule has 1 aromatic rings. The topological polar surface area (TPSA) is 53.5 Å². The average molecular weight is 352 g/mol. The highest BCUT2D eigenvalue weighted by Gasteiger charge is 2.35. The van der Waals surface area contributed by atoms with Crippen molar-refractivity contribution in [1.82, 2.24) is 15.3 Å². The Kier molecular flexibility index (Phi) is 5.06. The van der Waals surface area contributed by atoms with Gasteiger partial charge in [0.2, 0.25) is 0 Å². The number of hydrogen-bond acceptors (Lipinski definition) is 6. The van der Waals surface area contributed by atoms with Gasteiger partial charge in [-0.2, -0.15) is 0 Å². The Balaban J connectivity index is 1.37. The third-order valence-electron chi connectivity index (χ3n) is 5.22. The molecule has 2 aliphatic heterocycles. The number of aromatic nitrogens is 2. The van der Waals surface area contributed by atoms with Crippen LogP contribution in [0, 0.1) is 5.92 Å². The number of anilines is 2. The van der Waals surface area contributed by atoms with Gasteiger partial charge in [0.15, 0.2) is 0 Å². The molecule has 1 aliphatic carbocycles. The molecule has 0 aromatic carbocycles. The maximum Gasteiger partial charge on any atom is 0.134 e. The molecule has 3 aliphatic rings. The van der Waals surface area contributed by atoms with Crippen molar-refractivity contribution in [1.29, 1.82) is 0 Å². The molecule has 4 rings (SSSR count). The van der Waals surface area contributed by atoms with Crippen molar-refractivity contribution in [3.8, 4) is 0 Å². The van der Waals surface area contributed by atoms with Gasteiger partial charge in [-0.15, -0.1) is 11.6 Å². The number of halogens is 1. The molecule has 1 N–H and O–H groups in total. The van der Waals surface area contributed by atoms with E-state index in [1.807, 2.05) is 0 Å². The Hall–Kier alpha value is -1.11. The standard InChI is InChI=1S/C17H26ClN5O/c18-15-8-13(15)10-19-14-2-1-3-23(11-14)17-9-16(20-12-21-17)22-4-6-24-7-5-22/h9,12-15,19H,1-8,10-11H2. The van der Waals surface area contributed by atoms with Crippen LogP contribution < -0.4 is 15.1 Å². The summed E-state index contributed by atoms with van der Waals surface area (Å²) in [6, 6.07) is 2.66. The molecule has 7 heteroatoms. The lowest BCUT2D eigenvalue weighted by atomic mass is 10.1. The van der Waals surface area contributed by atoms with Crippen LogP contribution in [0.4, 0.5) is 11.6 Å². The second-order valence-electron chi connectivity index (χ2n) is 7.04. The predicted octanol–water partition coefficient (Wildman–Crippen LogP) is 1.50. The molecule has 6 nitrogen and oxygen atoms in total. The first-order valence-electron chi connectivity index (χ1n) is 9.07. The second-order valence-corrected chi connectivity index (χ2v) is 7.60. The normalized spacial score (nSPS) is 30.5. The molecule has 3 fully saturated rings. The van der Waals surface area contributed by atoms with Gasteiger partial charge in [-0.05, 0) is 31.7 Å². The van der Waals surface area contributed by atoms with E-state index in [1.165, 1.54) is 19.3 Å². The quantitative estimate of drug-likeness (QED) is 0.811. The summed E-state index contributed by atoms with van der Waals surface area (Å²) in [5, 5.41) is 4.09. The maximum absolute atomic E-state index is 6.10. The maximum atomic E-state index is 6.10. The Bertz CT molecular complexity index is 554. The van der Waals surface area contributed by atoms with Crippen LogP contribution in [0.3, 0.4) is 0 Å². The minimum absolute atomic E-state index is 0.398. The van der Waals surface area contributed by atoms with E-state index < -0.39 is 0 Å². The Morgan fingerprint density at radius 1 is 1.17 bits per heavy atom. The molecule has 3 heterocycles. The summed E-state index contributed by atoms with van der Waals surface area (Å²) in [4.78, 5) is 13.6. The van der Waals surface area contributed by atoms with Crippen LogP contribution in [0.2, 0.25) is 0 Å². The molecule has 0 bridgehead atoms. The molecule has 3 unspecified atom stereocenters. The van der Waals surface area contributed by atoms with Gasteiger partial charge >= 0.3 is 0 Å². The van der Waals surface area contributed by atoms with E-state index in [-0.39, 0.29) is 0 Å². The summed E-state index contributed by atoms with van der Waals surface area (Å²) in [6.07, 6.45) is 5.29. The van der Waals surface area contributed by atoms with Gasteiger partial charge in [-0.3, -0.25) is 0 Å². The fourth-order valence-corrected chi connectivity index (χ4v) is 3.89. The van der Waals surface area contributed by atoms with Gasteiger partial charge in [0, 0.05) is 43.7 Å². The van der Waals surface area contributed by atoms with Gasteiger partial charge in [-0.25, -0.2) is 9.97 Å². The summed E-state index contributed by atoms with van der Waals surface area (Å²) < 4.78 is 5.43. The molecule has 3 atom stereocenters. The number of alkyl halides is 1. The van der Waals surface area contributed by atoms with Gasteiger partial charge in [0.05, 0.1) is 13.2 Å². The fourth-order valence-electron chi connectivity index (χ4n) is 3.57. The summed E-state index contributed by atoms with van der Waals surface area (Å²) in [7, 11) is 0. The summed E-state index contributed by atoms with van der Waals surface area (Å²) >= 11 is 6.10. The number of piperidine rings is 1. The van der Waals surface area contributed by atoms with Crippen molar-refractivity contribution in [3.63, 3.8) is 0 Å².